The zero-order valence-electron chi connectivity index (χ0n) is 28.2. The molecular weight excluding hydrogens is 652 g/mol. The van der Waals surface area contributed by atoms with Gasteiger partial charge in [-0.25, -0.2) is 4.79 Å². The predicted molar refractivity (Wildman–Crippen MR) is 176 cm³/mol. The van der Waals surface area contributed by atoms with Crippen molar-refractivity contribution in [2.75, 3.05) is 33.0 Å². The molecule has 7 rings (SSSR count). The zero-order chi connectivity index (χ0) is 35.9. The maximum Gasteiger partial charge on any atom is 0.335 e. The fourth-order valence-corrected chi connectivity index (χ4v) is 9.80. The molecule has 9 atom stereocenters. The number of hydrogen-bond acceptors (Lipinski definition) is 12. The van der Waals surface area contributed by atoms with Crippen molar-refractivity contribution in [1.29, 1.82) is 0 Å². The first kappa shape index (κ1) is 34.9. The molecule has 0 bridgehead atoms. The molecule has 13 heteroatoms. The van der Waals surface area contributed by atoms with Gasteiger partial charge in [0.05, 0.1) is 36.3 Å². The highest BCUT2D eigenvalue weighted by atomic mass is 16.7. The molecule has 1 spiro atoms. The topological polar surface area (TPSA) is 213 Å². The van der Waals surface area contributed by atoms with Crippen LogP contribution in [0.2, 0.25) is 0 Å². The summed E-state index contributed by atoms with van der Waals surface area (Å²) in [6, 6.07) is 2.19. The van der Waals surface area contributed by atoms with Crippen molar-refractivity contribution < 1.29 is 64.3 Å². The Morgan fingerprint density at radius 3 is 2.56 bits per heavy atom. The third-order valence-corrected chi connectivity index (χ3v) is 12.2. The fraction of sp³-hybridized carbons (Fsp3) is 0.568. The SMILES string of the molecule is CC(=O)c1c(C)c(O)c2cc(C(=O)O)cc(OC3OC(CO)C4(CC5C6=C(CC=C6C6(CCO)COCCC6C5C)CO4)C(O)C3O)c2c1O. The van der Waals surface area contributed by atoms with E-state index in [1.54, 1.807) is 0 Å². The fourth-order valence-electron chi connectivity index (χ4n) is 9.80. The van der Waals surface area contributed by atoms with Gasteiger partial charge in [-0.05, 0) is 86.1 Å². The summed E-state index contributed by atoms with van der Waals surface area (Å²) in [4.78, 5) is 24.5. The van der Waals surface area contributed by atoms with E-state index in [4.69, 9.17) is 18.9 Å². The first-order chi connectivity index (χ1) is 23.8. The highest BCUT2D eigenvalue weighted by molar-refractivity contribution is 6.11. The Balaban J connectivity index is 1.26. The number of carbonyl (C=O) groups excluding carboxylic acids is 1. The first-order valence-electron chi connectivity index (χ1n) is 17.1. The number of carboxylic acids is 1. The van der Waals surface area contributed by atoms with E-state index in [-0.39, 0.29) is 76.0 Å². The van der Waals surface area contributed by atoms with Crippen molar-refractivity contribution in [2.45, 2.75) is 76.7 Å². The molecule has 270 valence electrons. The predicted octanol–water partition coefficient (Wildman–Crippen LogP) is 2.74. The molecule has 9 unspecified atom stereocenters. The maximum absolute atomic E-state index is 12.5. The van der Waals surface area contributed by atoms with Gasteiger partial charge in [0, 0.05) is 29.6 Å². The average molecular weight is 697 g/mol. The molecule has 3 fully saturated rings. The van der Waals surface area contributed by atoms with E-state index in [1.807, 2.05) is 0 Å². The van der Waals surface area contributed by atoms with E-state index in [2.05, 4.69) is 13.0 Å². The molecule has 7 N–H and O–H groups in total. The second-order valence-corrected chi connectivity index (χ2v) is 14.5. The van der Waals surface area contributed by atoms with Gasteiger partial charge < -0.3 is 54.7 Å². The Morgan fingerprint density at radius 2 is 1.88 bits per heavy atom. The van der Waals surface area contributed by atoms with Gasteiger partial charge in [-0.3, -0.25) is 4.79 Å². The van der Waals surface area contributed by atoms with Gasteiger partial charge in [0.1, 0.15) is 41.2 Å². The highest BCUT2D eigenvalue weighted by Crippen LogP contribution is 2.63. The number of benzene rings is 2. The monoisotopic (exact) mass is 696 g/mol. The molecule has 0 amide bonds. The lowest BCUT2D eigenvalue weighted by atomic mass is 9.51. The number of aromatic carboxylic acids is 1. The van der Waals surface area contributed by atoms with E-state index in [1.165, 1.54) is 13.8 Å². The van der Waals surface area contributed by atoms with Crippen molar-refractivity contribution in [1.82, 2.24) is 0 Å². The normalized spacial score (nSPS) is 35.0. The zero-order valence-corrected chi connectivity index (χ0v) is 28.2. The van der Waals surface area contributed by atoms with E-state index < -0.39 is 60.1 Å². The van der Waals surface area contributed by atoms with Gasteiger partial charge in [0.2, 0.25) is 6.29 Å². The molecule has 5 aliphatic rings. The number of rotatable bonds is 7. The molecule has 0 radical (unpaired) electrons. The molecule has 2 aromatic rings. The lowest BCUT2D eigenvalue weighted by molar-refractivity contribution is -0.325. The van der Waals surface area contributed by atoms with Gasteiger partial charge >= 0.3 is 5.97 Å². The quantitative estimate of drug-likeness (QED) is 0.164. The molecule has 0 aromatic heterocycles. The minimum Gasteiger partial charge on any atom is -0.507 e. The Bertz CT molecular complexity index is 1810. The van der Waals surface area contributed by atoms with Crippen LogP contribution in [-0.2, 0) is 14.2 Å². The number of Topliss-reactive ketones (excluding diaryl/α,β-unsaturated/α-hetero) is 1. The van der Waals surface area contributed by atoms with Crippen LogP contribution in [-0.4, -0.2) is 111 Å². The number of aliphatic hydroxyl groups excluding tert-OH is 4. The molecule has 3 heterocycles. The largest absolute Gasteiger partial charge is 0.507 e. The summed E-state index contributed by atoms with van der Waals surface area (Å²) in [6.07, 6.45) is -1.94. The van der Waals surface area contributed by atoms with Crippen LogP contribution in [0.15, 0.2) is 34.9 Å². The second-order valence-electron chi connectivity index (χ2n) is 14.5. The van der Waals surface area contributed by atoms with E-state index >= 15 is 0 Å². The summed E-state index contributed by atoms with van der Waals surface area (Å²) in [7, 11) is 0. The number of carbonyl (C=O) groups is 2. The van der Waals surface area contributed by atoms with Crippen LogP contribution in [0.3, 0.4) is 0 Å². The number of carboxylic acid groups (broad SMARTS) is 1. The summed E-state index contributed by atoms with van der Waals surface area (Å²) in [6.45, 7) is 5.38. The van der Waals surface area contributed by atoms with Crippen LogP contribution in [0.5, 0.6) is 17.2 Å². The Kier molecular flexibility index (Phi) is 8.78. The van der Waals surface area contributed by atoms with Crippen LogP contribution in [0.4, 0.5) is 0 Å². The van der Waals surface area contributed by atoms with Gasteiger partial charge in [-0.1, -0.05) is 13.0 Å². The summed E-state index contributed by atoms with van der Waals surface area (Å²) in [5, 5.41) is 76.3. The number of ether oxygens (including phenoxy) is 4. The minimum absolute atomic E-state index is 0.0160. The number of aromatic hydroxyl groups is 2. The number of hydrogen-bond donors (Lipinski definition) is 7. The molecule has 3 aliphatic heterocycles. The lowest BCUT2D eigenvalue weighted by Gasteiger charge is -2.57. The second kappa shape index (κ2) is 12.6. The van der Waals surface area contributed by atoms with E-state index in [0.717, 1.165) is 35.3 Å². The van der Waals surface area contributed by atoms with Gasteiger partial charge in [-0.15, -0.1) is 0 Å². The molecular formula is C37H44O13. The minimum atomic E-state index is -1.78. The summed E-state index contributed by atoms with van der Waals surface area (Å²) >= 11 is 0. The van der Waals surface area contributed by atoms with Crippen LogP contribution >= 0.6 is 0 Å². The van der Waals surface area contributed by atoms with Crippen molar-refractivity contribution in [2.24, 2.45) is 23.2 Å². The summed E-state index contributed by atoms with van der Waals surface area (Å²) < 4.78 is 24.8. The Hall–Kier alpha value is -3.56. The molecule has 1 saturated carbocycles. The van der Waals surface area contributed by atoms with Crippen molar-refractivity contribution in [3.05, 3.63) is 51.6 Å². The maximum atomic E-state index is 12.5. The smallest absolute Gasteiger partial charge is 0.335 e. The number of aliphatic hydroxyl groups is 4. The van der Waals surface area contributed by atoms with E-state index in [0.29, 0.717) is 26.1 Å². The van der Waals surface area contributed by atoms with Crippen LogP contribution in [0.1, 0.15) is 65.8 Å². The Labute approximate surface area is 288 Å². The van der Waals surface area contributed by atoms with Crippen molar-refractivity contribution in [3.8, 4) is 17.2 Å². The summed E-state index contributed by atoms with van der Waals surface area (Å²) in [5.41, 5.74) is 0.911. The number of phenolic OH excluding ortho intramolecular Hbond substituents is 2. The standard InChI is InChI=1S/C37H44O13/c1-16-22-12-37(48-14-19-4-5-24(28(19)22)36(7-8-38)15-47-9-6-23(16)36)26(13-39)50-35(32(43)33(37)44)49-25-11-20(34(45)46)10-21-29(25)31(42)27(18(3)40)17(2)30(21)41/h5,10-11,16,22-23,26,32-33,35,38-39,41-44H,4,6-9,12-15H2,1-3H3,(H,45,46). The first-order valence-corrected chi connectivity index (χ1v) is 17.1. The van der Waals surface area contributed by atoms with Crippen molar-refractivity contribution >= 4 is 22.5 Å². The third-order valence-electron chi connectivity index (χ3n) is 12.2. The highest BCUT2D eigenvalue weighted by Gasteiger charge is 2.63. The van der Waals surface area contributed by atoms with Gasteiger partial charge in [0.25, 0.3) is 0 Å². The average Bonchev–Trinajstić information content (AvgIpc) is 3.44. The van der Waals surface area contributed by atoms with Crippen LogP contribution in [0.25, 0.3) is 10.8 Å². The van der Waals surface area contributed by atoms with E-state index in [9.17, 15) is 45.3 Å². The number of ketones is 1. The van der Waals surface area contributed by atoms with Gasteiger partial charge in [-0.2, -0.15) is 0 Å². The Morgan fingerprint density at radius 1 is 1.12 bits per heavy atom. The third kappa shape index (κ3) is 4.93. The molecule has 13 nitrogen and oxygen atoms in total. The number of phenols is 2. The molecule has 50 heavy (non-hydrogen) atoms. The molecule has 2 aromatic carbocycles. The lowest BCUT2D eigenvalue weighted by Crippen LogP contribution is -2.69. The molecule has 2 aliphatic carbocycles. The molecule has 2 saturated heterocycles. The van der Waals surface area contributed by atoms with Gasteiger partial charge in [0.15, 0.2) is 5.78 Å². The van der Waals surface area contributed by atoms with Crippen LogP contribution in [0, 0.1) is 30.1 Å². The van der Waals surface area contributed by atoms with Crippen LogP contribution < -0.4 is 4.74 Å². The number of allylic oxidation sites excluding steroid dienone is 2. The van der Waals surface area contributed by atoms with Crippen molar-refractivity contribution in [3.63, 3.8) is 0 Å². The summed E-state index contributed by atoms with van der Waals surface area (Å²) in [5.74, 6) is -3.16. The number of fused-ring (bicyclic) bond motifs is 3.